The van der Waals surface area contributed by atoms with Crippen molar-refractivity contribution in [1.82, 2.24) is 14.8 Å². The molecular formula is C26H33ClN4S. The lowest BCUT2D eigenvalue weighted by atomic mass is 10.0. The first-order chi connectivity index (χ1) is 15.3. The fraction of sp³-hybridized carbons (Fsp3) is 0.423. The standard InChI is InChI=1S/C26H32N4S.ClH/c1-2-28-11-13-30(14-12-28)26-24-6-4-3-5-23(24)19-25(27-26)22-9-7-21(8-10-22)20-29-15-17-31-18-16-29;/h3-10,19H,2,11-18,20H2,1H3;1H. The third-order valence-electron chi connectivity index (χ3n) is 6.60. The van der Waals surface area contributed by atoms with E-state index in [4.69, 9.17) is 4.98 Å². The zero-order chi connectivity index (χ0) is 21.0. The smallest absolute Gasteiger partial charge is 0.137 e. The minimum absolute atomic E-state index is 0. The van der Waals surface area contributed by atoms with Gasteiger partial charge in [-0.1, -0.05) is 55.5 Å². The van der Waals surface area contributed by atoms with E-state index in [9.17, 15) is 0 Å². The van der Waals surface area contributed by atoms with E-state index in [0.29, 0.717) is 0 Å². The summed E-state index contributed by atoms with van der Waals surface area (Å²) >= 11 is 2.07. The average Bonchev–Trinajstić information content (AvgIpc) is 2.84. The Kier molecular flexibility index (Phi) is 7.95. The summed E-state index contributed by atoms with van der Waals surface area (Å²) in [4.78, 5) is 12.7. The zero-order valence-corrected chi connectivity index (χ0v) is 20.5. The molecule has 4 nitrogen and oxygen atoms in total. The molecule has 2 aliphatic rings. The van der Waals surface area contributed by atoms with Crippen molar-refractivity contribution in [3.05, 3.63) is 60.2 Å². The molecule has 0 bridgehead atoms. The van der Waals surface area contributed by atoms with Crippen LogP contribution in [0.1, 0.15) is 12.5 Å². The van der Waals surface area contributed by atoms with E-state index in [0.717, 1.165) is 50.8 Å². The van der Waals surface area contributed by atoms with Crippen molar-refractivity contribution >= 4 is 40.8 Å². The van der Waals surface area contributed by atoms with Gasteiger partial charge in [0, 0.05) is 68.3 Å². The van der Waals surface area contributed by atoms with Gasteiger partial charge in [0.25, 0.3) is 0 Å². The maximum Gasteiger partial charge on any atom is 0.137 e. The molecule has 2 saturated heterocycles. The summed E-state index contributed by atoms with van der Waals surface area (Å²) in [5, 5.41) is 2.53. The van der Waals surface area contributed by atoms with E-state index in [2.05, 4.69) is 88.0 Å². The SMILES string of the molecule is CCN1CCN(c2nc(-c3ccc(CN4CCSCC4)cc3)cc3ccccc23)CC1.Cl. The maximum absolute atomic E-state index is 5.19. The van der Waals surface area contributed by atoms with Crippen LogP contribution in [0.15, 0.2) is 54.6 Å². The molecule has 32 heavy (non-hydrogen) atoms. The van der Waals surface area contributed by atoms with Gasteiger partial charge in [0.15, 0.2) is 0 Å². The highest BCUT2D eigenvalue weighted by Gasteiger charge is 2.20. The molecule has 1 aromatic heterocycles. The predicted molar refractivity (Wildman–Crippen MR) is 141 cm³/mol. The monoisotopic (exact) mass is 468 g/mol. The molecule has 5 rings (SSSR count). The van der Waals surface area contributed by atoms with Crippen LogP contribution in [0, 0.1) is 0 Å². The van der Waals surface area contributed by atoms with E-state index in [1.807, 2.05) is 0 Å². The van der Waals surface area contributed by atoms with E-state index in [1.54, 1.807) is 0 Å². The van der Waals surface area contributed by atoms with Gasteiger partial charge in [0.05, 0.1) is 5.69 Å². The summed E-state index contributed by atoms with van der Waals surface area (Å²) in [6.07, 6.45) is 0. The van der Waals surface area contributed by atoms with E-state index < -0.39 is 0 Å². The van der Waals surface area contributed by atoms with Crippen LogP contribution in [0.4, 0.5) is 5.82 Å². The number of benzene rings is 2. The maximum atomic E-state index is 5.19. The molecular weight excluding hydrogens is 436 g/mol. The molecule has 0 amide bonds. The Morgan fingerprint density at radius 1 is 0.844 bits per heavy atom. The van der Waals surface area contributed by atoms with Gasteiger partial charge in [-0.3, -0.25) is 4.90 Å². The molecule has 0 atom stereocenters. The van der Waals surface area contributed by atoms with E-state index in [1.165, 1.54) is 46.5 Å². The number of fused-ring (bicyclic) bond motifs is 1. The summed E-state index contributed by atoms with van der Waals surface area (Å²) in [5.74, 6) is 3.65. The van der Waals surface area contributed by atoms with E-state index >= 15 is 0 Å². The fourth-order valence-corrected chi connectivity index (χ4v) is 5.62. The number of likely N-dealkylation sites (N-methyl/N-ethyl adjacent to an activating group) is 1. The molecule has 3 aromatic rings. The Bertz CT molecular complexity index is 1010. The van der Waals surface area contributed by atoms with Crippen LogP contribution < -0.4 is 4.90 Å². The van der Waals surface area contributed by atoms with Crippen molar-refractivity contribution in [1.29, 1.82) is 0 Å². The summed E-state index contributed by atoms with van der Waals surface area (Å²) < 4.78 is 0. The molecule has 170 valence electrons. The second-order valence-corrected chi connectivity index (χ2v) is 9.78. The Morgan fingerprint density at radius 3 is 2.28 bits per heavy atom. The molecule has 2 fully saturated rings. The van der Waals surface area contributed by atoms with Crippen LogP contribution in [0.5, 0.6) is 0 Å². The highest BCUT2D eigenvalue weighted by Crippen LogP contribution is 2.31. The number of piperazine rings is 1. The lowest BCUT2D eigenvalue weighted by Crippen LogP contribution is -2.46. The number of nitrogens with zero attached hydrogens (tertiary/aromatic N) is 4. The van der Waals surface area contributed by atoms with Gasteiger partial charge < -0.3 is 9.80 Å². The number of aromatic nitrogens is 1. The van der Waals surface area contributed by atoms with E-state index in [-0.39, 0.29) is 12.4 Å². The molecule has 2 aliphatic heterocycles. The molecule has 0 N–H and O–H groups in total. The van der Waals surface area contributed by atoms with Crippen molar-refractivity contribution in [2.45, 2.75) is 13.5 Å². The minimum atomic E-state index is 0. The summed E-state index contributed by atoms with van der Waals surface area (Å²) in [6.45, 7) is 11.1. The third kappa shape index (κ3) is 5.23. The number of thioether (sulfide) groups is 1. The van der Waals surface area contributed by atoms with Gasteiger partial charge in [-0.15, -0.1) is 12.4 Å². The van der Waals surface area contributed by atoms with Crippen LogP contribution >= 0.6 is 24.2 Å². The molecule has 2 aromatic carbocycles. The predicted octanol–water partition coefficient (Wildman–Crippen LogP) is 5.01. The lowest BCUT2D eigenvalue weighted by molar-refractivity contribution is 0.271. The van der Waals surface area contributed by atoms with Crippen LogP contribution in [0.3, 0.4) is 0 Å². The van der Waals surface area contributed by atoms with Crippen LogP contribution in [-0.2, 0) is 6.54 Å². The molecule has 0 spiro atoms. The van der Waals surface area contributed by atoms with Gasteiger partial charge in [-0.25, -0.2) is 4.98 Å². The second-order valence-electron chi connectivity index (χ2n) is 8.56. The molecule has 0 unspecified atom stereocenters. The Morgan fingerprint density at radius 2 is 1.56 bits per heavy atom. The number of halogens is 1. The van der Waals surface area contributed by atoms with Crippen molar-refractivity contribution in [3.8, 4) is 11.3 Å². The molecule has 3 heterocycles. The van der Waals surface area contributed by atoms with Crippen molar-refractivity contribution in [2.75, 3.05) is 62.2 Å². The lowest BCUT2D eigenvalue weighted by Gasteiger charge is -2.35. The number of pyridine rings is 1. The summed E-state index contributed by atoms with van der Waals surface area (Å²) in [6, 6.07) is 20.0. The van der Waals surface area contributed by atoms with Gasteiger partial charge in [-0.05, 0) is 23.6 Å². The second kappa shape index (κ2) is 10.9. The Labute approximate surface area is 202 Å². The largest absolute Gasteiger partial charge is 0.354 e. The summed E-state index contributed by atoms with van der Waals surface area (Å²) in [7, 11) is 0. The fourth-order valence-electron chi connectivity index (χ4n) is 4.64. The van der Waals surface area contributed by atoms with Crippen LogP contribution in [0.25, 0.3) is 22.0 Å². The molecule has 0 saturated carbocycles. The van der Waals surface area contributed by atoms with Crippen LogP contribution in [-0.4, -0.2) is 72.1 Å². The zero-order valence-electron chi connectivity index (χ0n) is 18.9. The first-order valence-corrected chi connectivity index (χ1v) is 12.7. The van der Waals surface area contributed by atoms with Crippen molar-refractivity contribution < 1.29 is 0 Å². The first-order valence-electron chi connectivity index (χ1n) is 11.6. The first kappa shape index (κ1) is 23.4. The quantitative estimate of drug-likeness (QED) is 0.523. The molecule has 0 radical (unpaired) electrons. The number of rotatable bonds is 5. The van der Waals surface area contributed by atoms with Crippen molar-refractivity contribution in [2.24, 2.45) is 0 Å². The topological polar surface area (TPSA) is 22.6 Å². The highest BCUT2D eigenvalue weighted by atomic mass is 35.5. The van der Waals surface area contributed by atoms with Gasteiger partial charge in [0.1, 0.15) is 5.82 Å². The molecule has 0 aliphatic carbocycles. The number of hydrogen-bond acceptors (Lipinski definition) is 5. The summed E-state index contributed by atoms with van der Waals surface area (Å²) in [5.41, 5.74) is 3.68. The van der Waals surface area contributed by atoms with Gasteiger partial charge in [0.2, 0.25) is 0 Å². The Balaban J connectivity index is 0.00000245. The Hall–Kier alpha value is -1.79. The molecule has 6 heteroatoms. The minimum Gasteiger partial charge on any atom is -0.354 e. The van der Waals surface area contributed by atoms with Crippen LogP contribution in [0.2, 0.25) is 0 Å². The van der Waals surface area contributed by atoms with Crippen molar-refractivity contribution in [3.63, 3.8) is 0 Å². The normalized spacial score (nSPS) is 18.0. The number of anilines is 1. The average molecular weight is 469 g/mol. The third-order valence-corrected chi connectivity index (χ3v) is 7.54. The van der Waals surface area contributed by atoms with Gasteiger partial charge in [-0.2, -0.15) is 11.8 Å². The highest BCUT2D eigenvalue weighted by molar-refractivity contribution is 7.99. The number of hydrogen-bond donors (Lipinski definition) is 0. The van der Waals surface area contributed by atoms with Gasteiger partial charge >= 0.3 is 0 Å².